The minimum atomic E-state index is -0.0381. The quantitative estimate of drug-likeness (QED) is 0.871. The van der Waals surface area contributed by atoms with Crippen molar-refractivity contribution in [3.63, 3.8) is 0 Å². The van der Waals surface area contributed by atoms with Gasteiger partial charge in [-0.1, -0.05) is 30.3 Å². The van der Waals surface area contributed by atoms with Crippen molar-refractivity contribution < 1.29 is 9.53 Å². The normalized spacial score (nSPS) is 15.4. The standard InChI is InChI=1S/C18H21N3O2/c1-23-17-12-16(19-13-20-17)18(22)21-9-7-15(8-10-21)11-14-5-3-2-4-6-14/h2-6,12-13,15H,7-11H2,1H3. The van der Waals surface area contributed by atoms with E-state index in [1.54, 1.807) is 6.07 Å². The Morgan fingerprint density at radius 2 is 1.96 bits per heavy atom. The topological polar surface area (TPSA) is 55.3 Å². The van der Waals surface area contributed by atoms with Crippen molar-refractivity contribution >= 4 is 5.91 Å². The highest BCUT2D eigenvalue weighted by atomic mass is 16.5. The summed E-state index contributed by atoms with van der Waals surface area (Å²) in [7, 11) is 1.53. The Morgan fingerprint density at radius 1 is 1.22 bits per heavy atom. The third-order valence-electron chi connectivity index (χ3n) is 4.34. The van der Waals surface area contributed by atoms with Crippen LogP contribution in [-0.4, -0.2) is 41.0 Å². The van der Waals surface area contributed by atoms with Crippen molar-refractivity contribution in [1.82, 2.24) is 14.9 Å². The van der Waals surface area contributed by atoms with E-state index >= 15 is 0 Å². The Hall–Kier alpha value is -2.43. The van der Waals surface area contributed by atoms with Crippen LogP contribution in [-0.2, 0) is 6.42 Å². The molecule has 23 heavy (non-hydrogen) atoms. The lowest BCUT2D eigenvalue weighted by molar-refractivity contribution is 0.0684. The van der Waals surface area contributed by atoms with E-state index in [0.717, 1.165) is 32.4 Å². The second kappa shape index (κ2) is 7.22. The molecule has 1 saturated heterocycles. The fourth-order valence-electron chi connectivity index (χ4n) is 3.02. The molecule has 2 aromatic rings. The van der Waals surface area contributed by atoms with Crippen LogP contribution < -0.4 is 4.74 Å². The number of hydrogen-bond acceptors (Lipinski definition) is 4. The van der Waals surface area contributed by atoms with Crippen molar-refractivity contribution in [2.75, 3.05) is 20.2 Å². The largest absolute Gasteiger partial charge is 0.481 e. The van der Waals surface area contributed by atoms with Crippen molar-refractivity contribution in [2.45, 2.75) is 19.3 Å². The fourth-order valence-corrected chi connectivity index (χ4v) is 3.02. The lowest BCUT2D eigenvalue weighted by atomic mass is 9.90. The van der Waals surface area contributed by atoms with E-state index in [1.807, 2.05) is 11.0 Å². The Morgan fingerprint density at radius 3 is 2.65 bits per heavy atom. The van der Waals surface area contributed by atoms with Crippen LogP contribution in [0.15, 0.2) is 42.7 Å². The second-order valence-electron chi connectivity index (χ2n) is 5.87. The molecule has 120 valence electrons. The van der Waals surface area contributed by atoms with Crippen LogP contribution in [0.4, 0.5) is 0 Å². The first-order valence-electron chi connectivity index (χ1n) is 7.95. The molecule has 1 fully saturated rings. The number of aromatic nitrogens is 2. The predicted octanol–water partition coefficient (Wildman–Crippen LogP) is 2.58. The van der Waals surface area contributed by atoms with Gasteiger partial charge >= 0.3 is 0 Å². The summed E-state index contributed by atoms with van der Waals surface area (Å²) in [6.07, 6.45) is 4.52. The zero-order chi connectivity index (χ0) is 16.1. The molecule has 0 atom stereocenters. The van der Waals surface area contributed by atoms with Gasteiger partial charge in [0.25, 0.3) is 5.91 Å². The molecule has 5 nitrogen and oxygen atoms in total. The molecule has 0 spiro atoms. The van der Waals surface area contributed by atoms with Crippen molar-refractivity contribution in [3.05, 3.63) is 54.0 Å². The number of nitrogens with zero attached hydrogens (tertiary/aromatic N) is 3. The maximum Gasteiger partial charge on any atom is 0.272 e. The summed E-state index contributed by atoms with van der Waals surface area (Å²) in [5, 5.41) is 0. The molecule has 0 aliphatic carbocycles. The summed E-state index contributed by atoms with van der Waals surface area (Å²) in [5.41, 5.74) is 1.77. The smallest absolute Gasteiger partial charge is 0.272 e. The number of carbonyl (C=O) groups excluding carboxylic acids is 1. The molecule has 1 aromatic heterocycles. The van der Waals surface area contributed by atoms with Crippen molar-refractivity contribution in [2.24, 2.45) is 5.92 Å². The number of amides is 1. The van der Waals surface area contributed by atoms with Gasteiger partial charge in [-0.3, -0.25) is 4.79 Å². The van der Waals surface area contributed by atoms with Gasteiger partial charge in [0.1, 0.15) is 12.0 Å². The number of likely N-dealkylation sites (tertiary alicyclic amines) is 1. The van der Waals surface area contributed by atoms with Crippen LogP contribution in [0.5, 0.6) is 5.88 Å². The first-order chi connectivity index (χ1) is 11.3. The lowest BCUT2D eigenvalue weighted by Gasteiger charge is -2.31. The third-order valence-corrected chi connectivity index (χ3v) is 4.34. The lowest BCUT2D eigenvalue weighted by Crippen LogP contribution is -2.39. The van der Waals surface area contributed by atoms with E-state index in [1.165, 1.54) is 19.0 Å². The van der Waals surface area contributed by atoms with Gasteiger partial charge in [0, 0.05) is 19.2 Å². The minimum absolute atomic E-state index is 0.0381. The summed E-state index contributed by atoms with van der Waals surface area (Å²) in [6, 6.07) is 12.1. The monoisotopic (exact) mass is 311 g/mol. The SMILES string of the molecule is COc1cc(C(=O)N2CCC(Cc3ccccc3)CC2)ncn1. The molecule has 0 radical (unpaired) electrons. The van der Waals surface area contributed by atoms with Crippen molar-refractivity contribution in [3.8, 4) is 5.88 Å². The number of hydrogen-bond donors (Lipinski definition) is 0. The highest BCUT2D eigenvalue weighted by molar-refractivity contribution is 5.92. The van der Waals surface area contributed by atoms with Gasteiger partial charge in [-0.05, 0) is 30.7 Å². The van der Waals surface area contributed by atoms with Gasteiger partial charge < -0.3 is 9.64 Å². The zero-order valence-corrected chi connectivity index (χ0v) is 13.3. The average molecular weight is 311 g/mol. The second-order valence-corrected chi connectivity index (χ2v) is 5.87. The molecule has 1 aliphatic heterocycles. The highest BCUT2D eigenvalue weighted by Crippen LogP contribution is 2.22. The fraction of sp³-hybridized carbons (Fsp3) is 0.389. The first-order valence-corrected chi connectivity index (χ1v) is 7.95. The van der Waals surface area contributed by atoms with Crippen LogP contribution in [0.3, 0.4) is 0 Å². The van der Waals surface area contributed by atoms with Crippen LogP contribution in [0, 0.1) is 5.92 Å². The summed E-state index contributed by atoms with van der Waals surface area (Å²) < 4.78 is 5.05. The van der Waals surface area contributed by atoms with Gasteiger partial charge in [-0.2, -0.15) is 0 Å². The number of piperidine rings is 1. The molecule has 1 aliphatic rings. The number of ether oxygens (including phenoxy) is 1. The summed E-state index contributed by atoms with van der Waals surface area (Å²) in [4.78, 5) is 22.4. The van der Waals surface area contributed by atoms with Gasteiger partial charge in [0.2, 0.25) is 5.88 Å². The van der Waals surface area contributed by atoms with E-state index in [4.69, 9.17) is 4.74 Å². The molecule has 0 bridgehead atoms. The zero-order valence-electron chi connectivity index (χ0n) is 13.3. The summed E-state index contributed by atoms with van der Waals surface area (Å²) in [6.45, 7) is 1.56. The third kappa shape index (κ3) is 3.86. The molecule has 5 heteroatoms. The van der Waals surface area contributed by atoms with Gasteiger partial charge in [-0.25, -0.2) is 9.97 Å². The molecule has 1 aromatic carbocycles. The maximum atomic E-state index is 12.5. The molecular formula is C18H21N3O2. The summed E-state index contributed by atoms with van der Waals surface area (Å²) >= 11 is 0. The number of benzene rings is 1. The molecule has 3 rings (SSSR count). The van der Waals surface area contributed by atoms with E-state index < -0.39 is 0 Å². The molecule has 2 heterocycles. The van der Waals surface area contributed by atoms with Crippen LogP contribution >= 0.6 is 0 Å². The molecule has 0 N–H and O–H groups in total. The predicted molar refractivity (Wildman–Crippen MR) is 87.4 cm³/mol. The molecular weight excluding hydrogens is 290 g/mol. The van der Waals surface area contributed by atoms with E-state index in [0.29, 0.717) is 17.5 Å². The number of methoxy groups -OCH3 is 1. The molecule has 0 saturated carbocycles. The Labute approximate surface area is 136 Å². The van der Waals surface area contributed by atoms with E-state index in [2.05, 4.69) is 34.2 Å². The van der Waals surface area contributed by atoms with Crippen LogP contribution in [0.1, 0.15) is 28.9 Å². The minimum Gasteiger partial charge on any atom is -0.481 e. The van der Waals surface area contributed by atoms with Gasteiger partial charge in [0.05, 0.1) is 7.11 Å². The number of rotatable bonds is 4. The van der Waals surface area contributed by atoms with E-state index in [9.17, 15) is 4.79 Å². The van der Waals surface area contributed by atoms with Crippen molar-refractivity contribution in [1.29, 1.82) is 0 Å². The first kappa shape index (κ1) is 15.5. The Bertz CT molecular complexity index is 652. The van der Waals surface area contributed by atoms with Crippen LogP contribution in [0.2, 0.25) is 0 Å². The molecule has 1 amide bonds. The van der Waals surface area contributed by atoms with Gasteiger partial charge in [0.15, 0.2) is 0 Å². The maximum absolute atomic E-state index is 12.5. The Kier molecular flexibility index (Phi) is 4.86. The van der Waals surface area contributed by atoms with Gasteiger partial charge in [-0.15, -0.1) is 0 Å². The molecule has 0 unspecified atom stereocenters. The number of carbonyl (C=O) groups is 1. The average Bonchev–Trinajstić information content (AvgIpc) is 2.63. The summed E-state index contributed by atoms with van der Waals surface area (Å²) in [5.74, 6) is 1.02. The van der Waals surface area contributed by atoms with E-state index in [-0.39, 0.29) is 5.91 Å². The Balaban J connectivity index is 1.57. The highest BCUT2D eigenvalue weighted by Gasteiger charge is 2.24. The van der Waals surface area contributed by atoms with Crippen LogP contribution in [0.25, 0.3) is 0 Å².